The number of rotatable bonds is 6. The molecule has 2 unspecified atom stereocenters. The zero-order valence-corrected chi connectivity index (χ0v) is 12.2. The Morgan fingerprint density at radius 3 is 2.82 bits per heavy atom. The van der Waals surface area contributed by atoms with E-state index in [1.807, 2.05) is 0 Å². The van der Waals surface area contributed by atoms with Crippen LogP contribution in [-0.2, 0) is 0 Å². The Morgan fingerprint density at radius 1 is 1.35 bits per heavy atom. The van der Waals surface area contributed by atoms with Crippen LogP contribution in [0.4, 0.5) is 0 Å². The first-order valence-corrected chi connectivity index (χ1v) is 7.29. The van der Waals surface area contributed by atoms with E-state index in [-0.39, 0.29) is 0 Å². The summed E-state index contributed by atoms with van der Waals surface area (Å²) in [4.78, 5) is 5.09. The summed E-state index contributed by atoms with van der Waals surface area (Å²) in [7, 11) is 2.24. The number of nitrogens with one attached hydrogen (secondary N) is 1. The van der Waals surface area contributed by atoms with Crippen molar-refractivity contribution in [3.05, 3.63) is 0 Å². The number of likely N-dealkylation sites (N-methyl/N-ethyl adjacent to an activating group) is 1. The fourth-order valence-corrected chi connectivity index (χ4v) is 2.74. The number of hydrogen-bond acceptors (Lipinski definition) is 3. The van der Waals surface area contributed by atoms with Crippen LogP contribution >= 0.6 is 0 Å². The lowest BCUT2D eigenvalue weighted by Gasteiger charge is -2.28. The molecule has 0 radical (unpaired) electrons. The molecule has 17 heavy (non-hydrogen) atoms. The van der Waals surface area contributed by atoms with E-state index in [9.17, 15) is 0 Å². The second kappa shape index (κ2) is 8.06. The SMILES string of the molecule is CCCC(C)NCCN1CCCN(C)CC1C. The third-order valence-electron chi connectivity index (χ3n) is 3.80. The quantitative estimate of drug-likeness (QED) is 0.765. The molecule has 1 saturated heterocycles. The molecule has 0 aromatic carbocycles. The standard InChI is InChI=1S/C14H31N3/c1-5-7-13(2)15-8-11-17-10-6-9-16(4)12-14(17)3/h13-15H,5-12H2,1-4H3. The van der Waals surface area contributed by atoms with Crippen LogP contribution in [0.15, 0.2) is 0 Å². The minimum absolute atomic E-state index is 0.671. The van der Waals surface area contributed by atoms with Crippen molar-refractivity contribution in [2.45, 2.75) is 52.1 Å². The van der Waals surface area contributed by atoms with E-state index in [2.05, 4.69) is 42.9 Å². The molecular weight excluding hydrogens is 210 g/mol. The van der Waals surface area contributed by atoms with Gasteiger partial charge >= 0.3 is 0 Å². The van der Waals surface area contributed by atoms with Crippen molar-refractivity contribution in [1.29, 1.82) is 0 Å². The van der Waals surface area contributed by atoms with Crippen LogP contribution in [-0.4, -0.2) is 61.7 Å². The molecule has 1 heterocycles. The summed E-state index contributed by atoms with van der Waals surface area (Å²) >= 11 is 0. The van der Waals surface area contributed by atoms with Crippen LogP contribution in [0.2, 0.25) is 0 Å². The van der Waals surface area contributed by atoms with Gasteiger partial charge in [-0.25, -0.2) is 0 Å². The second-order valence-electron chi connectivity index (χ2n) is 5.64. The predicted octanol–water partition coefficient (Wildman–Crippen LogP) is 1.79. The summed E-state index contributed by atoms with van der Waals surface area (Å²) < 4.78 is 0. The van der Waals surface area contributed by atoms with E-state index in [1.54, 1.807) is 0 Å². The van der Waals surface area contributed by atoms with E-state index < -0.39 is 0 Å². The maximum absolute atomic E-state index is 3.63. The molecule has 1 fully saturated rings. The highest BCUT2D eigenvalue weighted by Crippen LogP contribution is 2.07. The molecule has 0 saturated carbocycles. The summed E-state index contributed by atoms with van der Waals surface area (Å²) in [6.45, 7) is 13.0. The number of hydrogen-bond donors (Lipinski definition) is 1. The largest absolute Gasteiger partial charge is 0.313 e. The van der Waals surface area contributed by atoms with Crippen LogP contribution in [0.3, 0.4) is 0 Å². The first-order valence-electron chi connectivity index (χ1n) is 7.29. The van der Waals surface area contributed by atoms with Gasteiger partial charge in [0.2, 0.25) is 0 Å². The Bertz CT molecular complexity index is 196. The highest BCUT2D eigenvalue weighted by molar-refractivity contribution is 4.76. The van der Waals surface area contributed by atoms with Gasteiger partial charge in [0.05, 0.1) is 0 Å². The van der Waals surface area contributed by atoms with Crippen molar-refractivity contribution < 1.29 is 0 Å². The third kappa shape index (κ3) is 5.84. The van der Waals surface area contributed by atoms with E-state index in [0.717, 1.165) is 6.54 Å². The van der Waals surface area contributed by atoms with Gasteiger partial charge in [-0.05, 0) is 46.8 Å². The van der Waals surface area contributed by atoms with Gasteiger partial charge in [0.1, 0.15) is 0 Å². The molecule has 3 heteroatoms. The Kier molecular flexibility index (Phi) is 7.09. The predicted molar refractivity (Wildman–Crippen MR) is 75.5 cm³/mol. The maximum Gasteiger partial charge on any atom is 0.0195 e. The lowest BCUT2D eigenvalue weighted by Crippen LogP contribution is -2.42. The van der Waals surface area contributed by atoms with Crippen molar-refractivity contribution in [3.8, 4) is 0 Å². The smallest absolute Gasteiger partial charge is 0.0195 e. The van der Waals surface area contributed by atoms with Crippen LogP contribution < -0.4 is 5.32 Å². The van der Waals surface area contributed by atoms with Crippen molar-refractivity contribution in [3.63, 3.8) is 0 Å². The van der Waals surface area contributed by atoms with E-state index in [1.165, 1.54) is 45.4 Å². The van der Waals surface area contributed by atoms with Gasteiger partial charge in [-0.3, -0.25) is 4.90 Å². The summed E-state index contributed by atoms with van der Waals surface area (Å²) in [6.07, 6.45) is 3.88. The highest BCUT2D eigenvalue weighted by Gasteiger charge is 2.18. The van der Waals surface area contributed by atoms with Crippen molar-refractivity contribution in [2.24, 2.45) is 0 Å². The molecule has 0 aliphatic carbocycles. The summed E-state index contributed by atoms with van der Waals surface area (Å²) in [6, 6.07) is 1.37. The van der Waals surface area contributed by atoms with Gasteiger partial charge in [-0.1, -0.05) is 13.3 Å². The monoisotopic (exact) mass is 241 g/mol. The zero-order valence-electron chi connectivity index (χ0n) is 12.2. The van der Waals surface area contributed by atoms with Gasteiger partial charge in [0, 0.05) is 31.7 Å². The van der Waals surface area contributed by atoms with Crippen molar-refractivity contribution >= 4 is 0 Å². The van der Waals surface area contributed by atoms with E-state index in [4.69, 9.17) is 0 Å². The van der Waals surface area contributed by atoms with Crippen LogP contribution in [0.5, 0.6) is 0 Å². The highest BCUT2D eigenvalue weighted by atomic mass is 15.2. The molecule has 0 bridgehead atoms. The lowest BCUT2D eigenvalue weighted by molar-refractivity contribution is 0.200. The Morgan fingerprint density at radius 2 is 2.12 bits per heavy atom. The van der Waals surface area contributed by atoms with Crippen LogP contribution in [0, 0.1) is 0 Å². The first-order chi connectivity index (χ1) is 8.13. The average Bonchev–Trinajstić information content (AvgIpc) is 2.41. The number of nitrogens with zero attached hydrogens (tertiary/aromatic N) is 2. The van der Waals surface area contributed by atoms with Gasteiger partial charge in [0.25, 0.3) is 0 Å². The molecule has 0 aromatic rings. The molecule has 3 nitrogen and oxygen atoms in total. The molecule has 0 amide bonds. The zero-order chi connectivity index (χ0) is 12.7. The van der Waals surface area contributed by atoms with E-state index in [0.29, 0.717) is 12.1 Å². The van der Waals surface area contributed by atoms with Gasteiger partial charge in [0.15, 0.2) is 0 Å². The van der Waals surface area contributed by atoms with Crippen molar-refractivity contribution in [1.82, 2.24) is 15.1 Å². The third-order valence-corrected chi connectivity index (χ3v) is 3.80. The molecule has 1 aliphatic rings. The minimum Gasteiger partial charge on any atom is -0.313 e. The molecule has 0 aromatic heterocycles. The molecule has 1 aliphatic heterocycles. The topological polar surface area (TPSA) is 18.5 Å². The molecule has 0 spiro atoms. The van der Waals surface area contributed by atoms with Crippen molar-refractivity contribution in [2.75, 3.05) is 39.8 Å². The molecule has 1 N–H and O–H groups in total. The minimum atomic E-state index is 0.671. The molecule has 102 valence electrons. The van der Waals surface area contributed by atoms with Gasteiger partial charge in [-0.2, -0.15) is 0 Å². The Balaban J connectivity index is 2.21. The molecule has 2 atom stereocenters. The Labute approximate surface area is 108 Å². The fraction of sp³-hybridized carbons (Fsp3) is 1.00. The second-order valence-corrected chi connectivity index (χ2v) is 5.64. The summed E-state index contributed by atoms with van der Waals surface area (Å²) in [5.41, 5.74) is 0. The van der Waals surface area contributed by atoms with E-state index >= 15 is 0 Å². The van der Waals surface area contributed by atoms with Crippen LogP contribution in [0.1, 0.15) is 40.0 Å². The summed E-state index contributed by atoms with van der Waals surface area (Å²) in [5, 5.41) is 3.63. The average molecular weight is 241 g/mol. The summed E-state index contributed by atoms with van der Waals surface area (Å²) in [5.74, 6) is 0. The molecular formula is C14H31N3. The fourth-order valence-electron chi connectivity index (χ4n) is 2.74. The van der Waals surface area contributed by atoms with Crippen LogP contribution in [0.25, 0.3) is 0 Å². The van der Waals surface area contributed by atoms with Gasteiger partial charge < -0.3 is 10.2 Å². The first kappa shape index (κ1) is 14.9. The Hall–Kier alpha value is -0.120. The lowest BCUT2D eigenvalue weighted by atomic mass is 10.2. The molecule has 1 rings (SSSR count). The normalized spacial score (nSPS) is 25.8. The maximum atomic E-state index is 3.63. The van der Waals surface area contributed by atoms with Gasteiger partial charge in [-0.15, -0.1) is 0 Å².